The summed E-state index contributed by atoms with van der Waals surface area (Å²) in [7, 11) is 1.81. The second-order valence-corrected chi connectivity index (χ2v) is 7.27. The van der Waals surface area contributed by atoms with Gasteiger partial charge in [-0.05, 0) is 38.9 Å². The van der Waals surface area contributed by atoms with Crippen molar-refractivity contribution >= 4 is 17.8 Å². The lowest BCUT2D eigenvalue weighted by Gasteiger charge is -2.21. The molecule has 2 rings (SSSR count). The molecule has 1 saturated carbocycles. The van der Waals surface area contributed by atoms with E-state index in [-0.39, 0.29) is 6.03 Å². The maximum Gasteiger partial charge on any atom is 0.317 e. The van der Waals surface area contributed by atoms with Crippen molar-refractivity contribution in [3.8, 4) is 0 Å². The van der Waals surface area contributed by atoms with Gasteiger partial charge in [0.05, 0.1) is 12.2 Å². The molecule has 0 aliphatic heterocycles. The van der Waals surface area contributed by atoms with Crippen molar-refractivity contribution in [2.45, 2.75) is 57.9 Å². The zero-order valence-corrected chi connectivity index (χ0v) is 14.1. The molecule has 5 nitrogen and oxygen atoms in total. The van der Waals surface area contributed by atoms with Gasteiger partial charge in [-0.2, -0.15) is 11.8 Å². The molecule has 1 aliphatic carbocycles. The Balaban J connectivity index is 1.83. The molecule has 21 heavy (non-hydrogen) atoms. The molecule has 1 aromatic heterocycles. The van der Waals surface area contributed by atoms with Gasteiger partial charge in [0.2, 0.25) is 0 Å². The largest absolute Gasteiger partial charge is 0.361 e. The number of carbonyl (C=O) groups is 1. The summed E-state index contributed by atoms with van der Waals surface area (Å²) in [5.41, 5.74) is 1.85. The molecule has 0 aromatic carbocycles. The Kier molecular flexibility index (Phi) is 5.56. The van der Waals surface area contributed by atoms with Crippen LogP contribution in [0.1, 0.15) is 43.2 Å². The molecule has 1 fully saturated rings. The lowest BCUT2D eigenvalue weighted by molar-refractivity contribution is 0.202. The molecule has 6 heteroatoms. The van der Waals surface area contributed by atoms with Crippen LogP contribution < -0.4 is 5.32 Å². The van der Waals surface area contributed by atoms with E-state index in [0.717, 1.165) is 35.6 Å². The van der Waals surface area contributed by atoms with Gasteiger partial charge >= 0.3 is 6.03 Å². The molecule has 0 spiro atoms. The fourth-order valence-corrected chi connectivity index (χ4v) is 3.92. The van der Waals surface area contributed by atoms with Gasteiger partial charge in [-0.25, -0.2) is 4.79 Å². The van der Waals surface area contributed by atoms with Crippen LogP contribution in [0.2, 0.25) is 0 Å². The summed E-state index contributed by atoms with van der Waals surface area (Å²) < 4.78 is 5.14. The minimum Gasteiger partial charge on any atom is -0.361 e. The van der Waals surface area contributed by atoms with E-state index >= 15 is 0 Å². The number of urea groups is 1. The predicted octanol–water partition coefficient (Wildman–Crippen LogP) is 3.11. The highest BCUT2D eigenvalue weighted by Crippen LogP contribution is 2.29. The van der Waals surface area contributed by atoms with Crippen LogP contribution in [0, 0.1) is 13.8 Å². The molecule has 1 aliphatic rings. The van der Waals surface area contributed by atoms with E-state index in [0.29, 0.717) is 17.8 Å². The third-order valence-electron chi connectivity index (χ3n) is 4.04. The summed E-state index contributed by atoms with van der Waals surface area (Å²) in [5, 5.41) is 7.77. The average molecular weight is 311 g/mol. The summed E-state index contributed by atoms with van der Waals surface area (Å²) in [4.78, 5) is 14.0. The zero-order chi connectivity index (χ0) is 15.4. The van der Waals surface area contributed by atoms with E-state index in [9.17, 15) is 4.79 Å². The third-order valence-corrected chi connectivity index (χ3v) is 5.27. The lowest BCUT2D eigenvalue weighted by atomic mass is 10.2. The summed E-state index contributed by atoms with van der Waals surface area (Å²) in [6.45, 7) is 6.51. The summed E-state index contributed by atoms with van der Waals surface area (Å²) in [6, 6.07) is 0.302. The molecule has 2 amide bonds. The van der Waals surface area contributed by atoms with E-state index < -0.39 is 0 Å². The van der Waals surface area contributed by atoms with Gasteiger partial charge in [0.1, 0.15) is 5.76 Å². The maximum atomic E-state index is 12.3. The molecule has 0 unspecified atom stereocenters. The van der Waals surface area contributed by atoms with Crippen molar-refractivity contribution in [3.05, 3.63) is 17.0 Å². The van der Waals surface area contributed by atoms with Crippen molar-refractivity contribution in [1.29, 1.82) is 0 Å². The molecular formula is C15H25N3O2S. The normalized spacial score (nSPS) is 21.5. The monoisotopic (exact) mass is 311 g/mol. The van der Waals surface area contributed by atoms with Gasteiger partial charge < -0.3 is 14.7 Å². The Morgan fingerprint density at radius 2 is 2.24 bits per heavy atom. The van der Waals surface area contributed by atoms with Crippen LogP contribution in [0.25, 0.3) is 0 Å². The molecule has 1 N–H and O–H groups in total. The first-order valence-corrected chi connectivity index (χ1v) is 8.61. The van der Waals surface area contributed by atoms with Crippen LogP contribution in [0.4, 0.5) is 4.79 Å². The van der Waals surface area contributed by atoms with Crippen molar-refractivity contribution in [2.24, 2.45) is 0 Å². The molecule has 1 aromatic rings. The first-order chi connectivity index (χ1) is 10.0. The molecule has 1 heterocycles. The summed E-state index contributed by atoms with van der Waals surface area (Å²) >= 11 is 2.00. The van der Waals surface area contributed by atoms with E-state index in [2.05, 4.69) is 17.4 Å². The van der Waals surface area contributed by atoms with Gasteiger partial charge in [-0.3, -0.25) is 0 Å². The third kappa shape index (κ3) is 4.15. The van der Waals surface area contributed by atoms with Crippen molar-refractivity contribution < 1.29 is 9.32 Å². The van der Waals surface area contributed by atoms with E-state index in [1.165, 1.54) is 6.42 Å². The van der Waals surface area contributed by atoms with Crippen molar-refractivity contribution in [2.75, 3.05) is 12.8 Å². The van der Waals surface area contributed by atoms with Gasteiger partial charge in [0.25, 0.3) is 0 Å². The minimum absolute atomic E-state index is 0.0119. The number of nitrogens with zero attached hydrogens (tertiary/aromatic N) is 2. The molecular weight excluding hydrogens is 286 g/mol. The zero-order valence-electron chi connectivity index (χ0n) is 13.3. The standard InChI is InChI=1S/C15H25N3O2S/c1-5-21-13-7-6-12(8-13)16-15(19)18(4)9-14-10(2)17-20-11(14)3/h12-13H,5-9H2,1-4H3,(H,16,19)/t12-,13+/m1/s1. The fraction of sp³-hybridized carbons (Fsp3) is 0.733. The second kappa shape index (κ2) is 7.20. The van der Waals surface area contributed by atoms with Gasteiger partial charge in [-0.15, -0.1) is 0 Å². The molecule has 118 valence electrons. The first kappa shape index (κ1) is 16.2. The SMILES string of the molecule is CCS[C@H]1CC[C@@H](NC(=O)N(C)Cc2c(C)noc2C)C1. The summed E-state index contributed by atoms with van der Waals surface area (Å²) in [5.74, 6) is 1.93. The second-order valence-electron chi connectivity index (χ2n) is 5.70. The first-order valence-electron chi connectivity index (χ1n) is 7.56. The van der Waals surface area contributed by atoms with Gasteiger partial charge in [-0.1, -0.05) is 12.1 Å². The molecule has 0 saturated heterocycles. The minimum atomic E-state index is -0.0119. The predicted molar refractivity (Wildman–Crippen MR) is 85.5 cm³/mol. The number of hydrogen-bond donors (Lipinski definition) is 1. The number of amides is 2. The number of aromatic nitrogens is 1. The molecule has 0 radical (unpaired) electrons. The van der Waals surface area contributed by atoms with Gasteiger partial charge in [0.15, 0.2) is 0 Å². The smallest absolute Gasteiger partial charge is 0.317 e. The fourth-order valence-electron chi connectivity index (χ4n) is 2.78. The van der Waals surface area contributed by atoms with Gasteiger partial charge in [0, 0.05) is 23.9 Å². The summed E-state index contributed by atoms with van der Waals surface area (Å²) in [6.07, 6.45) is 3.38. The number of rotatable bonds is 5. The Hall–Kier alpha value is -1.17. The number of nitrogens with one attached hydrogen (secondary N) is 1. The lowest BCUT2D eigenvalue weighted by Crippen LogP contribution is -2.42. The Morgan fingerprint density at radius 1 is 1.48 bits per heavy atom. The number of thioether (sulfide) groups is 1. The average Bonchev–Trinajstić information content (AvgIpc) is 3.00. The highest BCUT2D eigenvalue weighted by molar-refractivity contribution is 7.99. The quantitative estimate of drug-likeness (QED) is 0.908. The Bertz CT molecular complexity index is 470. The molecule has 2 atom stereocenters. The maximum absolute atomic E-state index is 12.3. The van der Waals surface area contributed by atoms with E-state index in [1.54, 1.807) is 4.90 Å². The van der Waals surface area contributed by atoms with Crippen molar-refractivity contribution in [1.82, 2.24) is 15.4 Å². The van der Waals surface area contributed by atoms with E-state index in [4.69, 9.17) is 4.52 Å². The van der Waals surface area contributed by atoms with Crippen molar-refractivity contribution in [3.63, 3.8) is 0 Å². The van der Waals surface area contributed by atoms with Crippen LogP contribution >= 0.6 is 11.8 Å². The van der Waals surface area contributed by atoms with Crippen LogP contribution in [0.3, 0.4) is 0 Å². The Morgan fingerprint density at radius 3 is 2.86 bits per heavy atom. The number of hydrogen-bond acceptors (Lipinski definition) is 4. The Labute approximate surface area is 130 Å². The van der Waals surface area contributed by atoms with Crippen LogP contribution in [-0.2, 0) is 6.54 Å². The number of aryl methyl sites for hydroxylation is 2. The number of carbonyl (C=O) groups excluding carboxylic acids is 1. The topological polar surface area (TPSA) is 58.4 Å². The van der Waals surface area contributed by atoms with Crippen LogP contribution in [-0.4, -0.2) is 40.2 Å². The van der Waals surface area contributed by atoms with E-state index in [1.807, 2.05) is 32.7 Å². The molecule has 0 bridgehead atoms. The highest BCUT2D eigenvalue weighted by atomic mass is 32.2. The highest BCUT2D eigenvalue weighted by Gasteiger charge is 2.26. The van der Waals surface area contributed by atoms with Crippen LogP contribution in [0.15, 0.2) is 4.52 Å². The van der Waals surface area contributed by atoms with Crippen LogP contribution in [0.5, 0.6) is 0 Å².